The average Bonchev–Trinajstić information content (AvgIpc) is 3.43. The van der Waals surface area contributed by atoms with Crippen LogP contribution in [0.5, 0.6) is 5.75 Å². The highest BCUT2D eigenvalue weighted by atomic mass is 35.5. The number of halogens is 1. The number of rotatable bonds is 10. The van der Waals surface area contributed by atoms with E-state index in [2.05, 4.69) is 20.6 Å². The van der Waals surface area contributed by atoms with Crippen LogP contribution in [0.15, 0.2) is 95.7 Å². The van der Waals surface area contributed by atoms with Crippen LogP contribution in [-0.2, 0) is 16.4 Å². The van der Waals surface area contributed by atoms with Crippen LogP contribution in [0.2, 0.25) is 0 Å². The maximum Gasteiger partial charge on any atom is 0.287 e. The number of ether oxygens (including phenoxy) is 1. The van der Waals surface area contributed by atoms with Crippen LogP contribution in [0.25, 0.3) is 22.2 Å². The van der Waals surface area contributed by atoms with E-state index in [1.54, 1.807) is 12.1 Å². The zero-order chi connectivity index (χ0) is 27.2. The van der Waals surface area contributed by atoms with Crippen molar-refractivity contribution < 1.29 is 22.4 Å². The standard InChI is InChI=1S/C29H26N4O5S.ClH/c1-39(35,36)16-15-30-29(34)27-14-13-26(38-27)21-7-12-25-24(17-21)28(32-19-31-25)33-22-8-10-23(11-9-22)37-18-20-5-3-2-4-6-20;/h2-14,17,19H,15-16,18H2,1H3,(H,30,34)(H,31,32,33);1H. The van der Waals surface area contributed by atoms with Crippen molar-refractivity contribution in [1.29, 1.82) is 0 Å². The van der Waals surface area contributed by atoms with Gasteiger partial charge in [0.15, 0.2) is 5.76 Å². The summed E-state index contributed by atoms with van der Waals surface area (Å²) < 4.78 is 34.2. The highest BCUT2D eigenvalue weighted by Gasteiger charge is 2.14. The van der Waals surface area contributed by atoms with Gasteiger partial charge in [-0.2, -0.15) is 0 Å². The number of nitrogens with one attached hydrogen (secondary N) is 2. The van der Waals surface area contributed by atoms with Crippen LogP contribution in [0.4, 0.5) is 11.5 Å². The van der Waals surface area contributed by atoms with E-state index >= 15 is 0 Å². The molecule has 11 heteroatoms. The number of amides is 1. The lowest BCUT2D eigenvalue weighted by atomic mass is 10.1. The SMILES string of the molecule is CS(=O)(=O)CCNC(=O)c1ccc(-c2ccc3ncnc(Nc4ccc(OCc5ccccc5)cc4)c3c2)o1.Cl. The third-order valence-corrected chi connectivity index (χ3v) is 6.82. The number of hydrogen-bond acceptors (Lipinski definition) is 8. The number of sulfone groups is 1. The molecule has 0 aliphatic carbocycles. The van der Waals surface area contributed by atoms with E-state index < -0.39 is 15.7 Å². The molecule has 0 aliphatic rings. The van der Waals surface area contributed by atoms with Gasteiger partial charge in [0.25, 0.3) is 5.91 Å². The van der Waals surface area contributed by atoms with Crippen LogP contribution in [0, 0.1) is 0 Å². The summed E-state index contributed by atoms with van der Waals surface area (Å²) in [5, 5.41) is 6.66. The van der Waals surface area contributed by atoms with Gasteiger partial charge in [0, 0.05) is 29.4 Å². The molecule has 5 rings (SSSR count). The molecular weight excluding hydrogens is 552 g/mol. The highest BCUT2D eigenvalue weighted by molar-refractivity contribution is 7.90. The Kier molecular flexibility index (Phi) is 9.03. The maximum absolute atomic E-state index is 12.3. The van der Waals surface area contributed by atoms with Crippen molar-refractivity contribution in [3.05, 3.63) is 103 Å². The number of carbonyl (C=O) groups is 1. The van der Waals surface area contributed by atoms with Crippen LogP contribution < -0.4 is 15.4 Å². The summed E-state index contributed by atoms with van der Waals surface area (Å²) in [5.74, 6) is 1.33. The number of anilines is 2. The number of fused-ring (bicyclic) bond motifs is 1. The lowest BCUT2D eigenvalue weighted by Gasteiger charge is -2.11. The first-order valence-electron chi connectivity index (χ1n) is 12.2. The van der Waals surface area contributed by atoms with Gasteiger partial charge in [-0.1, -0.05) is 30.3 Å². The van der Waals surface area contributed by atoms with Gasteiger partial charge in [-0.3, -0.25) is 4.79 Å². The van der Waals surface area contributed by atoms with Gasteiger partial charge in [-0.25, -0.2) is 18.4 Å². The van der Waals surface area contributed by atoms with Gasteiger partial charge in [-0.15, -0.1) is 12.4 Å². The summed E-state index contributed by atoms with van der Waals surface area (Å²) in [4.78, 5) is 21.1. The summed E-state index contributed by atoms with van der Waals surface area (Å²) in [6, 6.07) is 26.4. The van der Waals surface area contributed by atoms with Crippen molar-refractivity contribution in [1.82, 2.24) is 15.3 Å². The zero-order valence-corrected chi connectivity index (χ0v) is 23.2. The first-order valence-corrected chi connectivity index (χ1v) is 14.2. The number of benzene rings is 3. The average molecular weight is 579 g/mol. The number of nitrogens with zero attached hydrogens (tertiary/aromatic N) is 2. The molecule has 206 valence electrons. The summed E-state index contributed by atoms with van der Waals surface area (Å²) >= 11 is 0. The molecule has 2 heterocycles. The van der Waals surface area contributed by atoms with E-state index in [1.807, 2.05) is 72.8 Å². The smallest absolute Gasteiger partial charge is 0.287 e. The largest absolute Gasteiger partial charge is 0.489 e. The third kappa shape index (κ3) is 7.37. The van der Waals surface area contributed by atoms with Crippen molar-refractivity contribution in [3.8, 4) is 17.1 Å². The number of hydrogen-bond donors (Lipinski definition) is 2. The van der Waals surface area contributed by atoms with Crippen LogP contribution in [0.3, 0.4) is 0 Å². The monoisotopic (exact) mass is 578 g/mol. The minimum atomic E-state index is -3.17. The molecule has 0 atom stereocenters. The second-order valence-electron chi connectivity index (χ2n) is 8.93. The Morgan fingerprint density at radius 3 is 2.48 bits per heavy atom. The predicted molar refractivity (Wildman–Crippen MR) is 157 cm³/mol. The van der Waals surface area contributed by atoms with Gasteiger partial charge in [-0.05, 0) is 60.2 Å². The molecule has 0 aliphatic heterocycles. The molecule has 0 spiro atoms. The Hall–Kier alpha value is -4.41. The van der Waals surface area contributed by atoms with Gasteiger partial charge in [0.1, 0.15) is 40.1 Å². The lowest BCUT2D eigenvalue weighted by Crippen LogP contribution is -2.28. The molecule has 5 aromatic rings. The quantitative estimate of drug-likeness (QED) is 0.225. The summed E-state index contributed by atoms with van der Waals surface area (Å²) in [7, 11) is -3.17. The Morgan fingerprint density at radius 2 is 1.73 bits per heavy atom. The summed E-state index contributed by atoms with van der Waals surface area (Å²) in [6.07, 6.45) is 2.61. The van der Waals surface area contributed by atoms with Crippen LogP contribution >= 0.6 is 12.4 Å². The fourth-order valence-electron chi connectivity index (χ4n) is 3.87. The molecule has 1 amide bonds. The number of carbonyl (C=O) groups excluding carboxylic acids is 1. The summed E-state index contributed by atoms with van der Waals surface area (Å²) in [6.45, 7) is 0.500. The molecule has 40 heavy (non-hydrogen) atoms. The van der Waals surface area contributed by atoms with Crippen molar-refractivity contribution in [3.63, 3.8) is 0 Å². The molecule has 3 aromatic carbocycles. The van der Waals surface area contributed by atoms with E-state index in [9.17, 15) is 13.2 Å². The van der Waals surface area contributed by atoms with Crippen LogP contribution in [0.1, 0.15) is 16.1 Å². The second-order valence-corrected chi connectivity index (χ2v) is 11.2. The Balaban J connectivity index is 0.00000370. The van der Waals surface area contributed by atoms with E-state index in [4.69, 9.17) is 9.15 Å². The molecule has 0 unspecified atom stereocenters. The first-order chi connectivity index (χ1) is 18.8. The Bertz CT molecular complexity index is 1710. The minimum absolute atomic E-state index is 0. The van der Waals surface area contributed by atoms with E-state index in [0.29, 0.717) is 18.2 Å². The van der Waals surface area contributed by atoms with Crippen LogP contribution in [-0.4, -0.2) is 42.8 Å². The first kappa shape index (κ1) is 28.6. The van der Waals surface area contributed by atoms with Crippen molar-refractivity contribution in [2.45, 2.75) is 6.61 Å². The molecule has 0 radical (unpaired) electrons. The molecule has 2 aromatic heterocycles. The van der Waals surface area contributed by atoms with Gasteiger partial charge in [0.05, 0.1) is 11.3 Å². The molecule has 9 nitrogen and oxygen atoms in total. The topological polar surface area (TPSA) is 123 Å². The van der Waals surface area contributed by atoms with Gasteiger partial charge >= 0.3 is 0 Å². The molecular formula is C29H27ClN4O5S. The van der Waals surface area contributed by atoms with Crippen molar-refractivity contribution in [2.75, 3.05) is 23.9 Å². The molecule has 0 fully saturated rings. The predicted octanol–water partition coefficient (Wildman–Crippen LogP) is 5.41. The Labute approximate surface area is 237 Å². The second kappa shape index (κ2) is 12.6. The number of furan rings is 1. The normalized spacial score (nSPS) is 11.0. The third-order valence-electron chi connectivity index (χ3n) is 5.87. The number of aromatic nitrogens is 2. The fourth-order valence-corrected chi connectivity index (χ4v) is 4.35. The molecule has 0 saturated carbocycles. The minimum Gasteiger partial charge on any atom is -0.489 e. The fraction of sp³-hybridized carbons (Fsp3) is 0.138. The lowest BCUT2D eigenvalue weighted by molar-refractivity contribution is 0.0929. The van der Waals surface area contributed by atoms with Crippen molar-refractivity contribution >= 4 is 50.6 Å². The van der Waals surface area contributed by atoms with E-state index in [1.165, 1.54) is 6.33 Å². The molecule has 0 saturated heterocycles. The molecule has 0 bridgehead atoms. The van der Waals surface area contributed by atoms with Gasteiger partial charge < -0.3 is 19.8 Å². The zero-order valence-electron chi connectivity index (χ0n) is 21.5. The Morgan fingerprint density at radius 1 is 0.950 bits per heavy atom. The molecule has 2 N–H and O–H groups in total. The van der Waals surface area contributed by atoms with E-state index in [-0.39, 0.29) is 30.5 Å². The summed E-state index contributed by atoms with van der Waals surface area (Å²) in [5.41, 5.74) is 3.40. The van der Waals surface area contributed by atoms with Crippen molar-refractivity contribution in [2.24, 2.45) is 0 Å². The van der Waals surface area contributed by atoms with E-state index in [0.717, 1.165) is 39.7 Å². The van der Waals surface area contributed by atoms with Gasteiger partial charge in [0.2, 0.25) is 0 Å². The highest BCUT2D eigenvalue weighted by Crippen LogP contribution is 2.30. The maximum atomic E-state index is 12.3.